The number of carbonyl (C=O) groups is 3. The maximum absolute atomic E-state index is 14.2. The summed E-state index contributed by atoms with van der Waals surface area (Å²) >= 11 is 0. The van der Waals surface area contributed by atoms with E-state index in [-0.39, 0.29) is 36.9 Å². The van der Waals surface area contributed by atoms with E-state index in [1.807, 2.05) is 13.8 Å². The van der Waals surface area contributed by atoms with Crippen LogP contribution in [0.3, 0.4) is 0 Å². The van der Waals surface area contributed by atoms with Crippen molar-refractivity contribution in [2.45, 2.75) is 69.5 Å². The highest BCUT2D eigenvalue weighted by molar-refractivity contribution is 7.89. The molecule has 50 heavy (non-hydrogen) atoms. The Morgan fingerprint density at radius 3 is 1.98 bits per heavy atom. The van der Waals surface area contributed by atoms with Crippen LogP contribution in [0.5, 0.6) is 0 Å². The average molecular weight is 712 g/mol. The third kappa shape index (κ3) is 11.7. The van der Waals surface area contributed by atoms with Crippen LogP contribution >= 0.6 is 0 Å². The van der Waals surface area contributed by atoms with E-state index in [4.69, 9.17) is 10.5 Å². The van der Waals surface area contributed by atoms with Gasteiger partial charge in [-0.3, -0.25) is 14.5 Å². The Morgan fingerprint density at radius 2 is 1.46 bits per heavy atom. The number of ether oxygens (including phenoxy) is 1. The van der Waals surface area contributed by atoms with Crippen molar-refractivity contribution in [1.29, 1.82) is 0 Å². The lowest BCUT2D eigenvalue weighted by atomic mass is 9.99. The van der Waals surface area contributed by atoms with Crippen LogP contribution in [0, 0.1) is 10.8 Å². The third-order valence-corrected chi connectivity index (χ3v) is 9.68. The van der Waals surface area contributed by atoms with Crippen molar-refractivity contribution in [1.82, 2.24) is 14.5 Å². The van der Waals surface area contributed by atoms with Crippen LogP contribution in [0.1, 0.15) is 37.5 Å². The maximum Gasteiger partial charge on any atom is 0.408 e. The number of sulfonamides is 1. The van der Waals surface area contributed by atoms with Gasteiger partial charge in [-0.15, -0.1) is 0 Å². The molecule has 15 heteroatoms. The molecule has 0 heterocycles. The molecule has 0 aliphatic rings. The summed E-state index contributed by atoms with van der Waals surface area (Å²) in [5, 5.41) is 27.6. The Morgan fingerprint density at radius 1 is 0.880 bits per heavy atom. The van der Waals surface area contributed by atoms with E-state index in [1.165, 1.54) is 31.2 Å². The minimum absolute atomic E-state index is 0.0352. The molecule has 5 N–H and O–H groups in total. The molecule has 3 aromatic carbocycles. The molecule has 0 radical (unpaired) electrons. The molecule has 0 aliphatic heterocycles. The molecule has 0 fully saturated rings. The Labute approximate surface area is 292 Å². The summed E-state index contributed by atoms with van der Waals surface area (Å²) in [4.78, 5) is 49.8. The lowest BCUT2D eigenvalue weighted by Gasteiger charge is -2.35. The van der Waals surface area contributed by atoms with Gasteiger partial charge in [0.2, 0.25) is 21.8 Å². The van der Waals surface area contributed by atoms with Gasteiger partial charge in [0.25, 0.3) is 0 Å². The molecular formula is C35H45N5O9S. The first-order valence-corrected chi connectivity index (χ1v) is 17.5. The normalized spacial score (nSPS) is 14.0. The number of aliphatic hydroxyl groups excluding tert-OH is 1. The molecule has 0 spiro atoms. The fourth-order valence-corrected chi connectivity index (χ4v) is 7.02. The standard InChI is InChI=1S/C35H45N5O9S/c1-24(2)20-39(50(47,48)29-16-14-27(15-17-29)19-37-46)22-31(41)30(18-26-10-6-4-7-11-26)38-34(43)33(25(3)49-23-32(36)42)40(35(44)45)21-28-12-8-5-9-13-28/h4-17,24-25,30-31,33,41H,18-23H2,1-3H3,(H2,36,42)(H,38,43)(H,44,45)/t25-,30+,31-,33+/m1/s1. The first-order valence-electron chi connectivity index (χ1n) is 16.1. The molecular weight excluding hydrogens is 666 g/mol. The van der Waals surface area contributed by atoms with E-state index < -0.39 is 65.4 Å². The van der Waals surface area contributed by atoms with Crippen LogP contribution in [0.2, 0.25) is 0 Å². The van der Waals surface area contributed by atoms with Crippen molar-refractivity contribution in [3.05, 3.63) is 107 Å². The number of primary amides is 1. The van der Waals surface area contributed by atoms with Crippen LogP contribution in [-0.4, -0.2) is 89.7 Å². The summed E-state index contributed by atoms with van der Waals surface area (Å²) < 4.78 is 34.4. The van der Waals surface area contributed by atoms with Crippen LogP contribution in [-0.2, 0) is 43.9 Å². The van der Waals surface area contributed by atoms with Crippen molar-refractivity contribution in [3.8, 4) is 0 Å². The van der Waals surface area contributed by atoms with Crippen molar-refractivity contribution >= 4 is 27.9 Å². The minimum atomic E-state index is -4.16. The molecule has 3 aromatic rings. The van der Waals surface area contributed by atoms with E-state index >= 15 is 0 Å². The average Bonchev–Trinajstić information content (AvgIpc) is 3.07. The van der Waals surface area contributed by atoms with Gasteiger partial charge in [-0.25, -0.2) is 13.2 Å². The Hall–Kier alpha value is -4.70. The number of nitroso groups, excluding NO2 is 1. The number of carbonyl (C=O) groups excluding carboxylic acids is 2. The van der Waals surface area contributed by atoms with E-state index in [1.54, 1.807) is 60.7 Å². The van der Waals surface area contributed by atoms with E-state index in [2.05, 4.69) is 10.5 Å². The van der Waals surface area contributed by atoms with Crippen molar-refractivity contribution in [2.75, 3.05) is 19.7 Å². The second-order valence-electron chi connectivity index (χ2n) is 12.3. The summed E-state index contributed by atoms with van der Waals surface area (Å²) in [7, 11) is -4.16. The molecule has 4 atom stereocenters. The first-order chi connectivity index (χ1) is 23.7. The molecule has 14 nitrogen and oxygen atoms in total. The number of hydrogen-bond donors (Lipinski definition) is 4. The summed E-state index contributed by atoms with van der Waals surface area (Å²) in [6, 6.07) is 20.6. The third-order valence-electron chi connectivity index (χ3n) is 7.84. The highest BCUT2D eigenvalue weighted by Gasteiger charge is 2.38. The quantitative estimate of drug-likeness (QED) is 0.127. The molecule has 3 amide bonds. The topological polar surface area (TPSA) is 209 Å². The predicted octanol–water partition coefficient (Wildman–Crippen LogP) is 3.13. The highest BCUT2D eigenvalue weighted by Crippen LogP contribution is 2.21. The second kappa shape index (κ2) is 18.9. The number of aliphatic hydroxyl groups is 1. The van der Waals surface area contributed by atoms with Crippen LogP contribution in [0.15, 0.2) is 95.0 Å². The van der Waals surface area contributed by atoms with Crippen molar-refractivity contribution < 1.29 is 37.8 Å². The van der Waals surface area contributed by atoms with Gasteiger partial charge in [0.05, 0.1) is 23.1 Å². The number of nitrogens with zero attached hydrogens (tertiary/aromatic N) is 3. The molecule has 0 bridgehead atoms. The summed E-state index contributed by atoms with van der Waals surface area (Å²) in [5.74, 6) is -1.80. The fraction of sp³-hybridized carbons (Fsp3) is 0.400. The molecule has 0 saturated heterocycles. The van der Waals surface area contributed by atoms with Gasteiger partial charge < -0.3 is 26.0 Å². The van der Waals surface area contributed by atoms with Crippen molar-refractivity contribution in [2.24, 2.45) is 16.8 Å². The van der Waals surface area contributed by atoms with Gasteiger partial charge >= 0.3 is 6.09 Å². The monoisotopic (exact) mass is 711 g/mol. The first kappa shape index (κ1) is 39.7. The summed E-state index contributed by atoms with van der Waals surface area (Å²) in [5.41, 5.74) is 7.09. The maximum atomic E-state index is 14.2. The number of nitrogens with two attached hydrogens (primary N) is 1. The fourth-order valence-electron chi connectivity index (χ4n) is 5.40. The van der Waals surface area contributed by atoms with Crippen molar-refractivity contribution in [3.63, 3.8) is 0 Å². The molecule has 0 unspecified atom stereocenters. The lowest BCUT2D eigenvalue weighted by molar-refractivity contribution is -0.137. The Balaban J connectivity index is 1.99. The van der Waals surface area contributed by atoms with Crippen LogP contribution in [0.25, 0.3) is 0 Å². The number of rotatable bonds is 20. The zero-order valence-corrected chi connectivity index (χ0v) is 29.1. The second-order valence-corrected chi connectivity index (χ2v) is 14.3. The predicted molar refractivity (Wildman–Crippen MR) is 186 cm³/mol. The number of nitrogens with one attached hydrogen (secondary N) is 1. The van der Waals surface area contributed by atoms with Gasteiger partial charge in [-0.2, -0.15) is 9.21 Å². The number of benzene rings is 3. The zero-order valence-electron chi connectivity index (χ0n) is 28.3. The number of amides is 3. The lowest BCUT2D eigenvalue weighted by Crippen LogP contribution is -2.59. The van der Waals surface area contributed by atoms with Gasteiger partial charge in [0.1, 0.15) is 19.2 Å². The molecule has 0 saturated carbocycles. The van der Waals surface area contributed by atoms with E-state index in [9.17, 15) is 37.9 Å². The van der Waals surface area contributed by atoms with Crippen LogP contribution < -0.4 is 11.1 Å². The Kier molecular flexibility index (Phi) is 15.0. The van der Waals surface area contributed by atoms with Gasteiger partial charge in [0.15, 0.2) is 0 Å². The Bertz CT molecular complexity index is 1660. The molecule has 3 rings (SSSR count). The number of carboxylic acid groups (broad SMARTS) is 1. The SMILES string of the molecule is CC(C)CN(C[C@@H](O)[C@H](Cc1ccccc1)NC(=O)[C@H]([C@@H](C)OCC(N)=O)N(Cc1ccccc1)C(=O)O)S(=O)(=O)c1ccc(CN=O)cc1. The molecule has 0 aliphatic carbocycles. The molecule has 270 valence electrons. The highest BCUT2D eigenvalue weighted by atomic mass is 32.2. The summed E-state index contributed by atoms with van der Waals surface area (Å²) in [6.45, 7) is 3.80. The minimum Gasteiger partial charge on any atom is -0.465 e. The van der Waals surface area contributed by atoms with Gasteiger partial charge in [-0.1, -0.05) is 91.8 Å². The van der Waals surface area contributed by atoms with E-state index in [0.29, 0.717) is 16.7 Å². The van der Waals surface area contributed by atoms with Crippen LogP contribution in [0.4, 0.5) is 4.79 Å². The molecule has 0 aromatic heterocycles. The van der Waals surface area contributed by atoms with E-state index in [0.717, 1.165) is 9.21 Å². The van der Waals surface area contributed by atoms with Gasteiger partial charge in [0, 0.05) is 19.6 Å². The van der Waals surface area contributed by atoms with Gasteiger partial charge in [-0.05, 0) is 48.1 Å². The zero-order chi connectivity index (χ0) is 36.8. The summed E-state index contributed by atoms with van der Waals surface area (Å²) in [6.07, 6.45) is -4.01. The largest absolute Gasteiger partial charge is 0.465 e. The smallest absolute Gasteiger partial charge is 0.408 e. The number of hydrogen-bond acceptors (Lipinski definition) is 9.